The van der Waals surface area contributed by atoms with E-state index in [1.54, 1.807) is 19.2 Å². The molecule has 0 saturated carbocycles. The maximum atomic E-state index is 11.2. The lowest BCUT2D eigenvalue weighted by molar-refractivity contribution is 0.0697. The van der Waals surface area contributed by atoms with E-state index in [-0.39, 0.29) is 0 Å². The van der Waals surface area contributed by atoms with Crippen molar-refractivity contribution in [1.82, 2.24) is 4.98 Å². The third kappa shape index (κ3) is 2.55. The first-order valence-corrected chi connectivity index (χ1v) is 7.06. The molecule has 0 spiro atoms. The van der Waals surface area contributed by atoms with Crippen LogP contribution in [-0.2, 0) is 6.42 Å². The van der Waals surface area contributed by atoms with Crippen LogP contribution in [0, 0.1) is 6.92 Å². The number of aromatic carboxylic acids is 1. The molecule has 1 aromatic heterocycles. The number of rotatable bonds is 4. The minimum Gasteiger partial charge on any atom is -0.497 e. The van der Waals surface area contributed by atoms with Crippen LogP contribution >= 0.6 is 0 Å². The van der Waals surface area contributed by atoms with Gasteiger partial charge in [0.25, 0.3) is 0 Å². The van der Waals surface area contributed by atoms with Crippen LogP contribution in [0.3, 0.4) is 0 Å². The Labute approximate surface area is 128 Å². The Morgan fingerprint density at radius 3 is 2.55 bits per heavy atom. The molecule has 4 nitrogen and oxygen atoms in total. The van der Waals surface area contributed by atoms with E-state index in [1.807, 2.05) is 37.3 Å². The van der Waals surface area contributed by atoms with Crippen molar-refractivity contribution < 1.29 is 14.6 Å². The van der Waals surface area contributed by atoms with Crippen LogP contribution in [0.1, 0.15) is 27.2 Å². The number of carboxylic acids is 1. The number of aromatic amines is 1. The van der Waals surface area contributed by atoms with E-state index in [0.717, 1.165) is 39.9 Å². The smallest absolute Gasteiger partial charge is 0.335 e. The van der Waals surface area contributed by atoms with Gasteiger partial charge >= 0.3 is 5.97 Å². The number of nitrogens with one attached hydrogen (secondary N) is 1. The van der Waals surface area contributed by atoms with Crippen LogP contribution in [0.5, 0.6) is 5.75 Å². The van der Waals surface area contributed by atoms with E-state index in [1.165, 1.54) is 0 Å². The quantitative estimate of drug-likeness (QED) is 0.770. The molecule has 0 unspecified atom stereocenters. The zero-order valence-corrected chi connectivity index (χ0v) is 12.5. The van der Waals surface area contributed by atoms with E-state index in [0.29, 0.717) is 5.56 Å². The molecule has 0 aliphatic heterocycles. The first-order valence-electron chi connectivity index (χ1n) is 7.06. The van der Waals surface area contributed by atoms with Crippen molar-refractivity contribution in [1.29, 1.82) is 0 Å². The van der Waals surface area contributed by atoms with E-state index in [2.05, 4.69) is 4.98 Å². The molecule has 3 rings (SSSR count). The Bertz CT molecular complexity index is 831. The van der Waals surface area contributed by atoms with Crippen molar-refractivity contribution in [3.8, 4) is 5.75 Å². The van der Waals surface area contributed by atoms with Gasteiger partial charge in [-0.05, 0) is 54.8 Å². The maximum absolute atomic E-state index is 11.2. The molecular formula is C18H17NO3. The van der Waals surface area contributed by atoms with E-state index < -0.39 is 5.97 Å². The third-order valence-corrected chi connectivity index (χ3v) is 3.91. The number of fused-ring (bicyclic) bond motifs is 1. The standard InChI is InChI=1S/C18H17NO3/c1-11-15(9-12-3-6-14(22-2)7-4-12)16-10-13(18(20)21)5-8-17(16)19-11/h3-8,10,19H,9H2,1-2H3,(H,20,21). The predicted molar refractivity (Wildman–Crippen MR) is 85.8 cm³/mol. The Hall–Kier alpha value is -2.75. The van der Waals surface area contributed by atoms with Crippen molar-refractivity contribution in [2.24, 2.45) is 0 Å². The summed E-state index contributed by atoms with van der Waals surface area (Å²) in [7, 11) is 1.65. The Morgan fingerprint density at radius 1 is 1.18 bits per heavy atom. The van der Waals surface area contributed by atoms with Crippen LogP contribution < -0.4 is 4.74 Å². The zero-order valence-electron chi connectivity index (χ0n) is 12.5. The number of carbonyl (C=O) groups is 1. The van der Waals surface area contributed by atoms with Crippen LogP contribution in [-0.4, -0.2) is 23.2 Å². The van der Waals surface area contributed by atoms with Gasteiger partial charge in [-0.2, -0.15) is 0 Å². The SMILES string of the molecule is COc1ccc(Cc2c(C)[nH]c3ccc(C(=O)O)cc23)cc1. The summed E-state index contributed by atoms with van der Waals surface area (Å²) in [6.07, 6.45) is 0.749. The van der Waals surface area contributed by atoms with E-state index >= 15 is 0 Å². The molecule has 0 aliphatic carbocycles. The lowest BCUT2D eigenvalue weighted by atomic mass is 10.0. The number of ether oxygens (including phenoxy) is 1. The summed E-state index contributed by atoms with van der Waals surface area (Å²) in [6.45, 7) is 2.01. The highest BCUT2D eigenvalue weighted by Crippen LogP contribution is 2.26. The van der Waals surface area contributed by atoms with Crippen LogP contribution in [0.2, 0.25) is 0 Å². The summed E-state index contributed by atoms with van der Waals surface area (Å²) in [6, 6.07) is 13.1. The topological polar surface area (TPSA) is 62.3 Å². The number of benzene rings is 2. The average molecular weight is 295 g/mol. The zero-order chi connectivity index (χ0) is 15.7. The lowest BCUT2D eigenvalue weighted by Gasteiger charge is -2.05. The van der Waals surface area contributed by atoms with Crippen LogP contribution in [0.25, 0.3) is 10.9 Å². The van der Waals surface area contributed by atoms with Crippen molar-refractivity contribution in [2.45, 2.75) is 13.3 Å². The molecule has 4 heteroatoms. The molecule has 0 bridgehead atoms. The highest BCUT2D eigenvalue weighted by molar-refractivity contribution is 5.95. The summed E-state index contributed by atoms with van der Waals surface area (Å²) in [5.74, 6) is -0.0799. The molecule has 0 aliphatic rings. The summed E-state index contributed by atoms with van der Waals surface area (Å²) < 4.78 is 5.17. The first-order chi connectivity index (χ1) is 10.6. The predicted octanol–water partition coefficient (Wildman–Crippen LogP) is 3.77. The summed E-state index contributed by atoms with van der Waals surface area (Å²) in [5.41, 5.74) is 4.62. The molecule has 0 atom stereocenters. The molecule has 2 N–H and O–H groups in total. The van der Waals surface area contributed by atoms with Gasteiger partial charge in [0.1, 0.15) is 5.75 Å². The number of hydrogen-bond acceptors (Lipinski definition) is 2. The molecule has 112 valence electrons. The highest BCUT2D eigenvalue weighted by Gasteiger charge is 2.12. The van der Waals surface area contributed by atoms with Gasteiger partial charge in [0, 0.05) is 16.6 Å². The number of aryl methyl sites for hydroxylation is 1. The minimum absolute atomic E-state index is 0.308. The molecule has 3 aromatic rings. The van der Waals surface area contributed by atoms with Crippen molar-refractivity contribution >= 4 is 16.9 Å². The van der Waals surface area contributed by atoms with Gasteiger partial charge in [0.15, 0.2) is 0 Å². The van der Waals surface area contributed by atoms with Crippen molar-refractivity contribution in [3.05, 3.63) is 64.8 Å². The fraction of sp³-hybridized carbons (Fsp3) is 0.167. The molecule has 0 saturated heterocycles. The first kappa shape index (κ1) is 14.2. The van der Waals surface area contributed by atoms with Crippen molar-refractivity contribution in [3.63, 3.8) is 0 Å². The van der Waals surface area contributed by atoms with Crippen LogP contribution in [0.4, 0.5) is 0 Å². The monoisotopic (exact) mass is 295 g/mol. The summed E-state index contributed by atoms with van der Waals surface area (Å²) in [5, 5.41) is 10.1. The van der Waals surface area contributed by atoms with Gasteiger partial charge in [-0.25, -0.2) is 4.79 Å². The highest BCUT2D eigenvalue weighted by atomic mass is 16.5. The average Bonchev–Trinajstić information content (AvgIpc) is 2.83. The second-order valence-electron chi connectivity index (χ2n) is 5.32. The summed E-state index contributed by atoms with van der Waals surface area (Å²) >= 11 is 0. The number of aromatic nitrogens is 1. The van der Waals surface area contributed by atoms with Crippen molar-refractivity contribution in [2.75, 3.05) is 7.11 Å². The van der Waals surface area contributed by atoms with Gasteiger partial charge in [0.2, 0.25) is 0 Å². The molecule has 0 amide bonds. The maximum Gasteiger partial charge on any atom is 0.335 e. The lowest BCUT2D eigenvalue weighted by Crippen LogP contribution is -1.96. The third-order valence-electron chi connectivity index (χ3n) is 3.91. The number of hydrogen-bond donors (Lipinski definition) is 2. The number of carboxylic acid groups (broad SMARTS) is 1. The molecule has 2 aromatic carbocycles. The largest absolute Gasteiger partial charge is 0.497 e. The number of methoxy groups -OCH3 is 1. The number of H-pyrrole nitrogens is 1. The molecular weight excluding hydrogens is 278 g/mol. The van der Waals surface area contributed by atoms with Gasteiger partial charge in [-0.3, -0.25) is 0 Å². The Morgan fingerprint density at radius 2 is 1.91 bits per heavy atom. The van der Waals surface area contributed by atoms with Gasteiger partial charge in [0.05, 0.1) is 12.7 Å². The van der Waals surface area contributed by atoms with E-state index in [4.69, 9.17) is 9.84 Å². The van der Waals surface area contributed by atoms with Gasteiger partial charge in [-0.1, -0.05) is 12.1 Å². The normalized spacial score (nSPS) is 10.8. The molecule has 22 heavy (non-hydrogen) atoms. The second kappa shape index (κ2) is 5.56. The Kier molecular flexibility index (Phi) is 3.59. The Balaban J connectivity index is 2.02. The fourth-order valence-electron chi connectivity index (χ4n) is 2.69. The minimum atomic E-state index is -0.906. The molecule has 0 fully saturated rings. The van der Waals surface area contributed by atoms with Gasteiger partial charge < -0.3 is 14.8 Å². The fourth-order valence-corrected chi connectivity index (χ4v) is 2.69. The van der Waals surface area contributed by atoms with Crippen LogP contribution in [0.15, 0.2) is 42.5 Å². The molecule has 0 radical (unpaired) electrons. The van der Waals surface area contributed by atoms with Gasteiger partial charge in [-0.15, -0.1) is 0 Å². The summed E-state index contributed by atoms with van der Waals surface area (Å²) in [4.78, 5) is 14.5. The molecule has 1 heterocycles. The van der Waals surface area contributed by atoms with E-state index in [9.17, 15) is 4.79 Å². The second-order valence-corrected chi connectivity index (χ2v) is 5.32.